The maximum absolute atomic E-state index is 14.3. The summed E-state index contributed by atoms with van der Waals surface area (Å²) < 4.78 is 52.4. The molecule has 0 radical (unpaired) electrons. The number of alkyl halides is 3. The van der Waals surface area contributed by atoms with Gasteiger partial charge in [-0.05, 0) is 6.07 Å². The van der Waals surface area contributed by atoms with Crippen molar-refractivity contribution in [3.05, 3.63) is 50.5 Å². The van der Waals surface area contributed by atoms with Gasteiger partial charge in [0.15, 0.2) is 5.69 Å². The fraction of sp³-hybridized carbons (Fsp3) is 0.154. The molecule has 0 atom stereocenters. The maximum atomic E-state index is 14.3. The molecule has 0 spiro atoms. The summed E-state index contributed by atoms with van der Waals surface area (Å²) in [5, 5.41) is 12.4. The van der Waals surface area contributed by atoms with Crippen LogP contribution in [0, 0.1) is 5.82 Å². The molecule has 4 N–H and O–H groups in total. The number of amides is 1. The first-order chi connectivity index (χ1) is 12.0. The van der Waals surface area contributed by atoms with Gasteiger partial charge in [-0.1, -0.05) is 0 Å². The number of carbonyl (C=O) groups is 1. The molecule has 1 aromatic heterocycles. The molecule has 3 rings (SSSR count). The quantitative estimate of drug-likeness (QED) is 0.367. The monoisotopic (exact) mass is 375 g/mol. The fourth-order valence-electron chi connectivity index (χ4n) is 2.42. The second-order valence-corrected chi connectivity index (χ2v) is 5.23. The SMILES string of the molecule is Nn1c(C(F)(F)F)cc(=O)n(-c2cc3c(cc2F)NCC(=O)N3O)c1=O. The predicted octanol–water partition coefficient (Wildman–Crippen LogP) is 0.0186. The number of nitrogens with one attached hydrogen (secondary N) is 1. The first-order valence-electron chi connectivity index (χ1n) is 6.83. The van der Waals surface area contributed by atoms with Gasteiger partial charge in [0, 0.05) is 12.1 Å². The summed E-state index contributed by atoms with van der Waals surface area (Å²) >= 11 is 0. The van der Waals surface area contributed by atoms with Gasteiger partial charge in [0.05, 0.1) is 23.6 Å². The molecule has 1 aliphatic heterocycles. The van der Waals surface area contributed by atoms with Crippen molar-refractivity contribution < 1.29 is 27.6 Å². The summed E-state index contributed by atoms with van der Waals surface area (Å²) in [5.41, 5.74) is -6.00. The molecule has 0 unspecified atom stereocenters. The molecule has 0 saturated carbocycles. The molecule has 138 valence electrons. The number of hydrogen-bond acceptors (Lipinski definition) is 6. The third-order valence-corrected chi connectivity index (χ3v) is 3.63. The zero-order chi connectivity index (χ0) is 19.4. The normalized spacial score (nSPS) is 14.2. The number of nitrogens with zero attached hydrogens (tertiary/aromatic N) is 3. The van der Waals surface area contributed by atoms with Crippen LogP contribution < -0.4 is 27.5 Å². The minimum absolute atomic E-state index is 0.0265. The van der Waals surface area contributed by atoms with Gasteiger partial charge in [0.2, 0.25) is 0 Å². The van der Waals surface area contributed by atoms with Crippen LogP contribution in [0.15, 0.2) is 27.8 Å². The van der Waals surface area contributed by atoms with Gasteiger partial charge in [-0.2, -0.15) is 18.2 Å². The summed E-state index contributed by atoms with van der Waals surface area (Å²) in [5.74, 6) is 3.11. The van der Waals surface area contributed by atoms with Crippen LogP contribution >= 0.6 is 0 Å². The molecule has 1 amide bonds. The zero-order valence-corrected chi connectivity index (χ0v) is 12.5. The Balaban J connectivity index is 2.29. The second-order valence-electron chi connectivity index (χ2n) is 5.23. The summed E-state index contributed by atoms with van der Waals surface area (Å²) in [6, 6.07) is 1.55. The number of nitrogens with two attached hydrogens (primary N) is 1. The van der Waals surface area contributed by atoms with Crippen molar-refractivity contribution in [1.82, 2.24) is 9.24 Å². The molecule has 26 heavy (non-hydrogen) atoms. The van der Waals surface area contributed by atoms with Crippen molar-refractivity contribution in [3.8, 4) is 5.69 Å². The average molecular weight is 375 g/mol. The van der Waals surface area contributed by atoms with Gasteiger partial charge >= 0.3 is 11.9 Å². The van der Waals surface area contributed by atoms with Crippen LogP contribution in [0.25, 0.3) is 5.69 Å². The van der Waals surface area contributed by atoms with Crippen LogP contribution in [0.1, 0.15) is 5.69 Å². The minimum Gasteiger partial charge on any atom is -0.374 e. The van der Waals surface area contributed by atoms with Crippen molar-refractivity contribution in [1.29, 1.82) is 0 Å². The molecule has 1 aromatic carbocycles. The highest BCUT2D eigenvalue weighted by molar-refractivity contribution is 6.01. The van der Waals surface area contributed by atoms with E-state index in [1.54, 1.807) is 0 Å². The summed E-state index contributed by atoms with van der Waals surface area (Å²) in [7, 11) is 0. The van der Waals surface area contributed by atoms with Gasteiger partial charge in [0.1, 0.15) is 5.82 Å². The van der Waals surface area contributed by atoms with E-state index in [9.17, 15) is 37.2 Å². The highest BCUT2D eigenvalue weighted by Crippen LogP contribution is 2.32. The molecular weight excluding hydrogens is 366 g/mol. The van der Waals surface area contributed by atoms with E-state index in [1.807, 2.05) is 0 Å². The Morgan fingerprint density at radius 1 is 1.12 bits per heavy atom. The molecule has 9 nitrogen and oxygen atoms in total. The Morgan fingerprint density at radius 3 is 2.38 bits per heavy atom. The predicted molar refractivity (Wildman–Crippen MR) is 79.2 cm³/mol. The van der Waals surface area contributed by atoms with Crippen LogP contribution in [0.4, 0.5) is 28.9 Å². The number of fused-ring (bicyclic) bond motifs is 1. The Morgan fingerprint density at radius 2 is 1.77 bits per heavy atom. The van der Waals surface area contributed by atoms with Gasteiger partial charge < -0.3 is 11.2 Å². The number of anilines is 2. The molecular formula is C13H9F4N5O4. The van der Waals surface area contributed by atoms with Gasteiger partial charge in [-0.15, -0.1) is 0 Å². The van der Waals surface area contributed by atoms with Crippen LogP contribution in [0.3, 0.4) is 0 Å². The molecule has 0 bridgehead atoms. The van der Waals surface area contributed by atoms with E-state index in [2.05, 4.69) is 5.32 Å². The summed E-state index contributed by atoms with van der Waals surface area (Å²) in [6.45, 7) is -0.335. The Bertz CT molecular complexity index is 1040. The standard InChI is InChI=1S/C13H9F4N5O4/c14-5-1-6-8(22(26)11(24)4-19-6)2-7(5)20-10(23)3-9(13(15,16)17)21(18)12(20)25/h1-3,19,26H,4,18H2. The van der Waals surface area contributed by atoms with Gasteiger partial charge in [-0.25, -0.2) is 18.4 Å². The Kier molecular flexibility index (Phi) is 3.75. The number of halogens is 4. The number of hydroxylamine groups is 1. The molecule has 0 fully saturated rings. The van der Waals surface area contributed by atoms with Crippen LogP contribution in [0.5, 0.6) is 0 Å². The number of nitrogen functional groups attached to an aromatic ring is 1. The maximum Gasteiger partial charge on any atom is 0.433 e. The van der Waals surface area contributed by atoms with Crippen LogP contribution in [0.2, 0.25) is 0 Å². The molecule has 13 heteroatoms. The number of hydrogen-bond donors (Lipinski definition) is 3. The van der Waals surface area contributed by atoms with E-state index in [-0.39, 0.29) is 38.3 Å². The molecule has 2 heterocycles. The van der Waals surface area contributed by atoms with E-state index in [4.69, 9.17) is 5.84 Å². The van der Waals surface area contributed by atoms with Gasteiger partial charge in [-0.3, -0.25) is 14.8 Å². The Hall–Kier alpha value is -3.35. The lowest BCUT2D eigenvalue weighted by Crippen LogP contribution is -2.45. The minimum atomic E-state index is -5.08. The van der Waals surface area contributed by atoms with Crippen molar-refractivity contribution in [3.63, 3.8) is 0 Å². The molecule has 0 aliphatic carbocycles. The van der Waals surface area contributed by atoms with E-state index in [0.717, 1.165) is 12.1 Å². The average Bonchev–Trinajstić information content (AvgIpc) is 2.54. The second kappa shape index (κ2) is 5.59. The topological polar surface area (TPSA) is 123 Å². The van der Waals surface area contributed by atoms with E-state index in [0.29, 0.717) is 0 Å². The molecule has 1 aliphatic rings. The highest BCUT2D eigenvalue weighted by Gasteiger charge is 2.36. The van der Waals surface area contributed by atoms with E-state index < -0.39 is 40.5 Å². The van der Waals surface area contributed by atoms with Crippen molar-refractivity contribution >= 4 is 17.3 Å². The number of aromatic nitrogens is 2. The van der Waals surface area contributed by atoms with Crippen molar-refractivity contribution in [2.24, 2.45) is 0 Å². The largest absolute Gasteiger partial charge is 0.433 e. The third kappa shape index (κ3) is 2.57. The smallest absolute Gasteiger partial charge is 0.374 e. The van der Waals surface area contributed by atoms with E-state index in [1.165, 1.54) is 0 Å². The lowest BCUT2D eigenvalue weighted by molar-refractivity contribution is -0.143. The van der Waals surface area contributed by atoms with Crippen LogP contribution in [-0.4, -0.2) is 26.9 Å². The first kappa shape index (κ1) is 17.5. The lowest BCUT2D eigenvalue weighted by atomic mass is 10.2. The third-order valence-electron chi connectivity index (χ3n) is 3.63. The Labute approximate surface area is 140 Å². The summed E-state index contributed by atoms with van der Waals surface area (Å²) in [6.07, 6.45) is -5.08. The van der Waals surface area contributed by atoms with Crippen molar-refractivity contribution in [2.45, 2.75) is 6.18 Å². The molecule has 2 aromatic rings. The fourth-order valence-corrected chi connectivity index (χ4v) is 2.42. The number of carbonyl (C=O) groups excluding carboxylic acids is 1. The number of benzene rings is 1. The lowest BCUT2D eigenvalue weighted by Gasteiger charge is -2.25. The van der Waals surface area contributed by atoms with E-state index >= 15 is 0 Å². The molecule has 0 saturated heterocycles. The van der Waals surface area contributed by atoms with Crippen LogP contribution in [-0.2, 0) is 11.0 Å². The zero-order valence-electron chi connectivity index (χ0n) is 12.5. The van der Waals surface area contributed by atoms with Crippen molar-refractivity contribution in [2.75, 3.05) is 22.8 Å². The van der Waals surface area contributed by atoms with Gasteiger partial charge in [0.25, 0.3) is 11.5 Å². The first-order valence-corrected chi connectivity index (χ1v) is 6.83. The summed E-state index contributed by atoms with van der Waals surface area (Å²) in [4.78, 5) is 35.6. The highest BCUT2D eigenvalue weighted by atomic mass is 19.4. The number of rotatable bonds is 1.